The van der Waals surface area contributed by atoms with E-state index in [2.05, 4.69) is 5.32 Å². The highest BCUT2D eigenvalue weighted by Gasteiger charge is 2.33. The summed E-state index contributed by atoms with van der Waals surface area (Å²) in [5, 5.41) is 3.75. The molecule has 0 fully saturated rings. The number of ether oxygens (including phenoxy) is 1. The van der Waals surface area contributed by atoms with E-state index in [1.54, 1.807) is 31.2 Å². The molecule has 204 valence electrons. The van der Waals surface area contributed by atoms with Crippen molar-refractivity contribution in [1.82, 2.24) is 10.2 Å². The first-order chi connectivity index (χ1) is 17.3. The number of amides is 2. The maximum atomic E-state index is 13.8. The van der Waals surface area contributed by atoms with Gasteiger partial charge in [0.25, 0.3) is 0 Å². The van der Waals surface area contributed by atoms with Gasteiger partial charge < -0.3 is 15.0 Å². The number of halogens is 3. The Bertz CT molecular complexity index is 1200. The lowest BCUT2D eigenvalue weighted by atomic mass is 10.1. The van der Waals surface area contributed by atoms with Gasteiger partial charge in [-0.3, -0.25) is 13.9 Å². The highest BCUT2D eigenvalue weighted by molar-refractivity contribution is 7.92. The molecule has 0 aliphatic heterocycles. The minimum Gasteiger partial charge on any atom is -0.495 e. The Morgan fingerprint density at radius 1 is 1.08 bits per heavy atom. The second-order valence-electron chi connectivity index (χ2n) is 8.87. The zero-order valence-corrected chi connectivity index (χ0v) is 24.5. The first kappa shape index (κ1) is 31.0. The Morgan fingerprint density at radius 2 is 1.70 bits per heavy atom. The van der Waals surface area contributed by atoms with Crippen LogP contribution in [0.2, 0.25) is 15.1 Å². The van der Waals surface area contributed by atoms with Crippen LogP contribution >= 0.6 is 34.8 Å². The summed E-state index contributed by atoms with van der Waals surface area (Å²) in [5.41, 5.74) is 0.541. The normalized spacial score (nSPS) is 12.2. The van der Waals surface area contributed by atoms with Gasteiger partial charge in [-0.1, -0.05) is 61.6 Å². The number of nitrogens with zero attached hydrogens (tertiary/aromatic N) is 2. The average Bonchev–Trinajstić information content (AvgIpc) is 2.81. The van der Waals surface area contributed by atoms with Crippen molar-refractivity contribution in [1.29, 1.82) is 0 Å². The zero-order chi connectivity index (χ0) is 27.9. The molecule has 0 heterocycles. The van der Waals surface area contributed by atoms with E-state index in [0.29, 0.717) is 22.2 Å². The molecule has 12 heteroatoms. The van der Waals surface area contributed by atoms with Crippen LogP contribution < -0.4 is 14.4 Å². The summed E-state index contributed by atoms with van der Waals surface area (Å²) in [7, 11) is -2.58. The van der Waals surface area contributed by atoms with Gasteiger partial charge in [-0.15, -0.1) is 0 Å². The van der Waals surface area contributed by atoms with Gasteiger partial charge in [0.2, 0.25) is 21.8 Å². The number of methoxy groups -OCH3 is 1. The minimum absolute atomic E-state index is 0.0962. The molecule has 0 bridgehead atoms. The lowest BCUT2D eigenvalue weighted by molar-refractivity contribution is -0.140. The third-order valence-corrected chi connectivity index (χ3v) is 7.62. The summed E-state index contributed by atoms with van der Waals surface area (Å²) in [6.07, 6.45) is 1.25. The summed E-state index contributed by atoms with van der Waals surface area (Å²) < 4.78 is 31.9. The molecule has 0 aliphatic rings. The number of benzene rings is 2. The number of nitrogens with one attached hydrogen (secondary N) is 1. The number of hydrogen-bond donors (Lipinski definition) is 1. The second-order valence-corrected chi connectivity index (χ2v) is 12.0. The molecule has 0 radical (unpaired) electrons. The molecule has 0 saturated heterocycles. The Labute approximate surface area is 233 Å². The van der Waals surface area contributed by atoms with E-state index in [4.69, 9.17) is 39.5 Å². The van der Waals surface area contributed by atoms with Crippen molar-refractivity contribution in [3.63, 3.8) is 0 Å². The Hall–Kier alpha value is -2.20. The Morgan fingerprint density at radius 3 is 2.22 bits per heavy atom. The van der Waals surface area contributed by atoms with Crippen LogP contribution in [0.15, 0.2) is 36.4 Å². The van der Waals surface area contributed by atoms with Crippen molar-refractivity contribution in [3.05, 3.63) is 57.0 Å². The lowest BCUT2D eigenvalue weighted by Gasteiger charge is -2.33. The van der Waals surface area contributed by atoms with Gasteiger partial charge in [-0.05, 0) is 42.7 Å². The van der Waals surface area contributed by atoms with Gasteiger partial charge in [-0.25, -0.2) is 8.42 Å². The van der Waals surface area contributed by atoms with Gasteiger partial charge in [-0.2, -0.15) is 0 Å². The first-order valence-electron chi connectivity index (χ1n) is 11.6. The van der Waals surface area contributed by atoms with E-state index in [9.17, 15) is 18.0 Å². The molecular formula is C25H32Cl3N3O5S. The van der Waals surface area contributed by atoms with Crippen LogP contribution in [0.3, 0.4) is 0 Å². The molecule has 2 amide bonds. The molecule has 2 aromatic rings. The monoisotopic (exact) mass is 591 g/mol. The van der Waals surface area contributed by atoms with Crippen molar-refractivity contribution in [3.8, 4) is 5.75 Å². The molecule has 0 spiro atoms. The molecular weight excluding hydrogens is 561 g/mol. The maximum Gasteiger partial charge on any atom is 0.244 e. The molecule has 1 N–H and O–H groups in total. The van der Waals surface area contributed by atoms with E-state index in [1.807, 2.05) is 13.8 Å². The third kappa shape index (κ3) is 8.40. The van der Waals surface area contributed by atoms with Gasteiger partial charge in [0.05, 0.1) is 19.1 Å². The fraction of sp³-hybridized carbons (Fsp3) is 0.440. The van der Waals surface area contributed by atoms with E-state index in [0.717, 1.165) is 10.6 Å². The summed E-state index contributed by atoms with van der Waals surface area (Å²) in [6.45, 7) is 5.38. The second kappa shape index (κ2) is 13.6. The number of hydrogen-bond acceptors (Lipinski definition) is 5. The zero-order valence-electron chi connectivity index (χ0n) is 21.4. The van der Waals surface area contributed by atoms with E-state index >= 15 is 0 Å². The fourth-order valence-electron chi connectivity index (χ4n) is 3.65. The highest BCUT2D eigenvalue weighted by Crippen LogP contribution is 2.33. The van der Waals surface area contributed by atoms with Crippen LogP contribution in [0, 0.1) is 5.92 Å². The standard InChI is InChI=1S/C25H32Cl3N3O5S/c1-6-21(25(33)29-13-16(2)3)30(14-18-19(27)8-7-9-20(18)28)24(32)15-31(37(5,34)35)22-12-17(26)10-11-23(22)36-4/h7-12,16,21H,6,13-15H2,1-5H3,(H,29,33)/t21-/m0/s1. The molecule has 0 unspecified atom stereocenters. The Kier molecular flexibility index (Phi) is 11.4. The van der Waals surface area contributed by atoms with Crippen LogP contribution in [-0.2, 0) is 26.2 Å². The first-order valence-corrected chi connectivity index (χ1v) is 14.6. The highest BCUT2D eigenvalue weighted by atomic mass is 35.5. The van der Waals surface area contributed by atoms with Crippen LogP contribution in [0.4, 0.5) is 5.69 Å². The topological polar surface area (TPSA) is 96.0 Å². The average molecular weight is 593 g/mol. The largest absolute Gasteiger partial charge is 0.495 e. The SMILES string of the molecule is CC[C@@H](C(=O)NCC(C)C)N(Cc1c(Cl)cccc1Cl)C(=O)CN(c1cc(Cl)ccc1OC)S(C)(=O)=O. The van der Waals surface area contributed by atoms with Crippen molar-refractivity contribution in [2.24, 2.45) is 5.92 Å². The van der Waals surface area contributed by atoms with E-state index in [-0.39, 0.29) is 41.3 Å². The van der Waals surface area contributed by atoms with Crippen molar-refractivity contribution in [2.45, 2.75) is 39.8 Å². The van der Waals surface area contributed by atoms with Crippen LogP contribution in [0.25, 0.3) is 0 Å². The lowest BCUT2D eigenvalue weighted by Crippen LogP contribution is -2.52. The predicted octanol–water partition coefficient (Wildman–Crippen LogP) is 5.00. The van der Waals surface area contributed by atoms with Gasteiger partial charge in [0.15, 0.2) is 0 Å². The number of carbonyl (C=O) groups excluding carboxylic acids is 2. The van der Waals surface area contributed by atoms with Crippen molar-refractivity contribution in [2.75, 3.05) is 30.8 Å². The molecule has 2 aromatic carbocycles. The summed E-state index contributed by atoms with van der Waals surface area (Å²) in [6, 6.07) is 8.48. The number of carbonyl (C=O) groups is 2. The molecule has 0 saturated carbocycles. The van der Waals surface area contributed by atoms with E-state index in [1.165, 1.54) is 24.1 Å². The predicted molar refractivity (Wildman–Crippen MR) is 149 cm³/mol. The number of sulfonamides is 1. The maximum absolute atomic E-state index is 13.8. The number of rotatable bonds is 12. The van der Waals surface area contributed by atoms with Crippen molar-refractivity contribution < 1.29 is 22.7 Å². The van der Waals surface area contributed by atoms with E-state index < -0.39 is 28.5 Å². The van der Waals surface area contributed by atoms with Gasteiger partial charge in [0.1, 0.15) is 18.3 Å². The molecule has 2 rings (SSSR count). The van der Waals surface area contributed by atoms with Gasteiger partial charge in [0, 0.05) is 33.7 Å². The molecule has 0 aromatic heterocycles. The molecule has 37 heavy (non-hydrogen) atoms. The quantitative estimate of drug-likeness (QED) is 0.374. The molecule has 8 nitrogen and oxygen atoms in total. The summed E-state index contributed by atoms with van der Waals surface area (Å²) in [4.78, 5) is 28.3. The summed E-state index contributed by atoms with van der Waals surface area (Å²) in [5.74, 6) is -0.585. The van der Waals surface area contributed by atoms with Crippen LogP contribution in [0.1, 0.15) is 32.8 Å². The Balaban J connectivity index is 2.55. The smallest absolute Gasteiger partial charge is 0.244 e. The van der Waals surface area contributed by atoms with Crippen LogP contribution in [-0.4, -0.2) is 57.6 Å². The fourth-order valence-corrected chi connectivity index (χ4v) is 5.18. The van der Waals surface area contributed by atoms with Crippen LogP contribution in [0.5, 0.6) is 5.75 Å². The minimum atomic E-state index is -3.96. The molecule has 1 atom stereocenters. The number of anilines is 1. The third-order valence-electron chi connectivity index (χ3n) is 5.55. The summed E-state index contributed by atoms with van der Waals surface area (Å²) >= 11 is 18.9. The molecule has 0 aliphatic carbocycles. The van der Waals surface area contributed by atoms with Crippen molar-refractivity contribution >= 4 is 62.3 Å². The van der Waals surface area contributed by atoms with Gasteiger partial charge >= 0.3 is 0 Å².